The van der Waals surface area contributed by atoms with Gasteiger partial charge in [0.25, 0.3) is 5.91 Å². The molecule has 0 saturated carbocycles. The van der Waals surface area contributed by atoms with Gasteiger partial charge >= 0.3 is 0 Å². The first kappa shape index (κ1) is 21.1. The van der Waals surface area contributed by atoms with Crippen molar-refractivity contribution in [1.82, 2.24) is 4.90 Å². The van der Waals surface area contributed by atoms with Gasteiger partial charge < -0.3 is 20.5 Å². The third kappa shape index (κ3) is 5.68. The summed E-state index contributed by atoms with van der Waals surface area (Å²) < 4.78 is 5.74. The minimum atomic E-state index is -0.496. The molecule has 2 amide bonds. The number of rotatable bonds is 9. The first-order chi connectivity index (χ1) is 14.6. The van der Waals surface area contributed by atoms with Crippen molar-refractivity contribution in [2.45, 2.75) is 6.42 Å². The highest BCUT2D eigenvalue weighted by Crippen LogP contribution is 2.22. The fraction of sp³-hybridized carbons (Fsp3) is 0.167. The lowest BCUT2D eigenvalue weighted by molar-refractivity contribution is 0.0724. The van der Waals surface area contributed by atoms with Crippen LogP contribution in [0.1, 0.15) is 26.3 Å². The number of ether oxygens (including phenoxy) is 1. The molecule has 0 aromatic heterocycles. The second-order valence-corrected chi connectivity index (χ2v) is 6.77. The molecule has 0 bridgehead atoms. The van der Waals surface area contributed by atoms with E-state index in [2.05, 4.69) is 0 Å². The largest absolute Gasteiger partial charge is 0.457 e. The molecular weight excluding hydrogens is 380 g/mol. The van der Waals surface area contributed by atoms with Gasteiger partial charge in [-0.3, -0.25) is 9.59 Å². The third-order valence-corrected chi connectivity index (χ3v) is 4.65. The molecule has 6 heteroatoms. The van der Waals surface area contributed by atoms with Crippen LogP contribution in [0.2, 0.25) is 0 Å². The van der Waals surface area contributed by atoms with Gasteiger partial charge in [-0.15, -0.1) is 0 Å². The van der Waals surface area contributed by atoms with E-state index in [0.29, 0.717) is 29.2 Å². The maximum atomic E-state index is 12.9. The molecule has 30 heavy (non-hydrogen) atoms. The molecule has 0 spiro atoms. The molecule has 0 aliphatic rings. The molecule has 0 heterocycles. The van der Waals surface area contributed by atoms with Crippen LogP contribution in [0.3, 0.4) is 0 Å². The number of carbonyl (C=O) groups is 2. The molecule has 154 valence electrons. The molecule has 0 aliphatic heterocycles. The first-order valence-corrected chi connectivity index (χ1v) is 9.68. The maximum Gasteiger partial charge on any atom is 0.253 e. The summed E-state index contributed by atoms with van der Waals surface area (Å²) in [6.45, 7) is 0.701. The highest BCUT2D eigenvalue weighted by Gasteiger charge is 2.15. The SMILES string of the molecule is NC(=O)c1ccc(Oc2ccc(C(=O)N(CCO)CCc3ccccc3)cc2)cc1. The van der Waals surface area contributed by atoms with Gasteiger partial charge in [0.05, 0.1) is 6.61 Å². The van der Waals surface area contributed by atoms with Crippen LogP contribution in [-0.2, 0) is 6.42 Å². The molecular formula is C24H24N2O4. The Morgan fingerprint density at radius 2 is 1.37 bits per heavy atom. The fourth-order valence-electron chi connectivity index (χ4n) is 3.02. The summed E-state index contributed by atoms with van der Waals surface area (Å²) in [6.07, 6.45) is 0.717. The summed E-state index contributed by atoms with van der Waals surface area (Å²) in [7, 11) is 0. The van der Waals surface area contributed by atoms with Crippen molar-refractivity contribution >= 4 is 11.8 Å². The highest BCUT2D eigenvalue weighted by molar-refractivity contribution is 5.94. The van der Waals surface area contributed by atoms with Gasteiger partial charge in [-0.2, -0.15) is 0 Å². The average Bonchev–Trinajstić information content (AvgIpc) is 2.78. The Morgan fingerprint density at radius 3 is 1.90 bits per heavy atom. The van der Waals surface area contributed by atoms with Crippen molar-refractivity contribution in [1.29, 1.82) is 0 Å². The summed E-state index contributed by atoms with van der Waals surface area (Å²) in [4.78, 5) is 25.6. The molecule has 3 aromatic carbocycles. The Morgan fingerprint density at radius 1 is 0.800 bits per heavy atom. The number of nitrogens with zero attached hydrogens (tertiary/aromatic N) is 1. The van der Waals surface area contributed by atoms with Crippen LogP contribution in [0.15, 0.2) is 78.9 Å². The van der Waals surface area contributed by atoms with Gasteiger partial charge in [-0.1, -0.05) is 30.3 Å². The average molecular weight is 404 g/mol. The van der Waals surface area contributed by atoms with Gasteiger partial charge in [0.2, 0.25) is 5.91 Å². The molecule has 6 nitrogen and oxygen atoms in total. The molecule has 0 unspecified atom stereocenters. The normalized spacial score (nSPS) is 10.4. The van der Waals surface area contributed by atoms with Crippen molar-refractivity contribution in [3.05, 3.63) is 95.6 Å². The molecule has 0 aliphatic carbocycles. The van der Waals surface area contributed by atoms with Crippen LogP contribution in [0.5, 0.6) is 11.5 Å². The Bertz CT molecular complexity index is 970. The summed E-state index contributed by atoms with van der Waals surface area (Å²) >= 11 is 0. The van der Waals surface area contributed by atoms with Gasteiger partial charge in [0, 0.05) is 24.2 Å². The number of benzene rings is 3. The van der Waals surface area contributed by atoms with E-state index in [1.807, 2.05) is 30.3 Å². The Balaban J connectivity index is 1.63. The van der Waals surface area contributed by atoms with E-state index in [-0.39, 0.29) is 19.1 Å². The highest BCUT2D eigenvalue weighted by atomic mass is 16.5. The zero-order valence-electron chi connectivity index (χ0n) is 16.5. The quantitative estimate of drug-likeness (QED) is 0.573. The number of carbonyl (C=O) groups excluding carboxylic acids is 2. The zero-order chi connectivity index (χ0) is 21.3. The number of hydrogen-bond acceptors (Lipinski definition) is 4. The van der Waals surface area contributed by atoms with Crippen LogP contribution in [0, 0.1) is 0 Å². The van der Waals surface area contributed by atoms with Crippen molar-refractivity contribution in [3.8, 4) is 11.5 Å². The number of nitrogens with two attached hydrogens (primary N) is 1. The lowest BCUT2D eigenvalue weighted by atomic mass is 10.1. The molecule has 3 rings (SSSR count). The number of amides is 2. The predicted molar refractivity (Wildman–Crippen MR) is 115 cm³/mol. The standard InChI is InChI=1S/C24H24N2O4/c25-23(28)19-6-10-21(11-7-19)30-22-12-8-20(9-13-22)24(29)26(16-17-27)15-14-18-4-2-1-3-5-18/h1-13,27H,14-17H2,(H2,25,28). The van der Waals surface area contributed by atoms with Gasteiger partial charge in [0.1, 0.15) is 11.5 Å². The van der Waals surface area contributed by atoms with Gasteiger partial charge in [0.15, 0.2) is 0 Å². The lowest BCUT2D eigenvalue weighted by Crippen LogP contribution is -2.35. The zero-order valence-corrected chi connectivity index (χ0v) is 16.5. The van der Waals surface area contributed by atoms with E-state index < -0.39 is 5.91 Å². The number of hydrogen-bond donors (Lipinski definition) is 2. The van der Waals surface area contributed by atoms with E-state index in [4.69, 9.17) is 10.5 Å². The molecule has 0 atom stereocenters. The minimum Gasteiger partial charge on any atom is -0.457 e. The third-order valence-electron chi connectivity index (χ3n) is 4.65. The van der Waals surface area contributed by atoms with Crippen molar-refractivity contribution in [3.63, 3.8) is 0 Å². The summed E-state index contributed by atoms with van der Waals surface area (Å²) in [5, 5.41) is 9.35. The predicted octanol–water partition coefficient (Wildman–Crippen LogP) is 3.26. The number of primary amides is 1. The van der Waals surface area contributed by atoms with E-state index >= 15 is 0 Å². The van der Waals surface area contributed by atoms with Crippen molar-refractivity contribution in [2.24, 2.45) is 5.73 Å². The number of aliphatic hydroxyl groups is 1. The molecule has 0 fully saturated rings. The van der Waals surface area contributed by atoms with Gasteiger partial charge in [-0.25, -0.2) is 0 Å². The lowest BCUT2D eigenvalue weighted by Gasteiger charge is -2.22. The van der Waals surface area contributed by atoms with E-state index in [1.165, 1.54) is 0 Å². The van der Waals surface area contributed by atoms with Crippen LogP contribution in [0.25, 0.3) is 0 Å². The van der Waals surface area contributed by atoms with Crippen molar-refractivity contribution < 1.29 is 19.4 Å². The second kappa shape index (κ2) is 10.2. The maximum absolute atomic E-state index is 12.9. The fourth-order valence-corrected chi connectivity index (χ4v) is 3.02. The molecule has 0 radical (unpaired) electrons. The van der Waals surface area contributed by atoms with Crippen LogP contribution >= 0.6 is 0 Å². The summed E-state index contributed by atoms with van der Waals surface area (Å²) in [6, 6.07) is 23.2. The smallest absolute Gasteiger partial charge is 0.253 e. The van der Waals surface area contributed by atoms with Crippen molar-refractivity contribution in [2.75, 3.05) is 19.7 Å². The molecule has 3 aromatic rings. The van der Waals surface area contributed by atoms with Crippen LogP contribution in [0.4, 0.5) is 0 Å². The summed E-state index contributed by atoms with van der Waals surface area (Å²) in [5.74, 6) is 0.488. The minimum absolute atomic E-state index is 0.0942. The molecule has 0 saturated heterocycles. The monoisotopic (exact) mass is 404 g/mol. The Labute approximate surface area is 175 Å². The Hall–Kier alpha value is -3.64. The Kier molecular flexibility index (Phi) is 7.19. The molecule has 3 N–H and O–H groups in total. The van der Waals surface area contributed by atoms with E-state index in [1.54, 1.807) is 53.4 Å². The van der Waals surface area contributed by atoms with Crippen LogP contribution in [-0.4, -0.2) is 41.5 Å². The summed E-state index contributed by atoms with van der Waals surface area (Å²) in [5.41, 5.74) is 7.30. The van der Waals surface area contributed by atoms with Gasteiger partial charge in [-0.05, 0) is 60.5 Å². The topological polar surface area (TPSA) is 92.9 Å². The van der Waals surface area contributed by atoms with E-state index in [9.17, 15) is 14.7 Å². The first-order valence-electron chi connectivity index (χ1n) is 9.68. The second-order valence-electron chi connectivity index (χ2n) is 6.77. The number of aliphatic hydroxyl groups excluding tert-OH is 1. The van der Waals surface area contributed by atoms with Crippen LogP contribution < -0.4 is 10.5 Å². The van der Waals surface area contributed by atoms with E-state index in [0.717, 1.165) is 12.0 Å².